The van der Waals surface area contributed by atoms with Crippen molar-refractivity contribution in [3.8, 4) is 11.5 Å². The first-order valence-corrected chi connectivity index (χ1v) is 6.81. The van der Waals surface area contributed by atoms with Gasteiger partial charge in [-0.2, -0.15) is 0 Å². The topological polar surface area (TPSA) is 79.2 Å². The average molecular weight is 295 g/mol. The maximum absolute atomic E-state index is 10.6. The van der Waals surface area contributed by atoms with Crippen LogP contribution in [0.5, 0.6) is 11.5 Å². The fourth-order valence-electron chi connectivity index (χ4n) is 2.60. The summed E-state index contributed by atoms with van der Waals surface area (Å²) in [6.07, 6.45) is 0. The molecule has 1 aliphatic heterocycles. The van der Waals surface area contributed by atoms with Gasteiger partial charge in [0.25, 0.3) is 0 Å². The highest BCUT2D eigenvalue weighted by molar-refractivity contribution is 5.68. The Kier molecular flexibility index (Phi) is 4.39. The van der Waals surface area contributed by atoms with Crippen LogP contribution < -0.4 is 4.74 Å². The normalized spacial score (nSPS) is 18.8. The van der Waals surface area contributed by atoms with Gasteiger partial charge >= 0.3 is 5.97 Å². The summed E-state index contributed by atoms with van der Waals surface area (Å²) in [6, 6.07) is 5.14. The van der Waals surface area contributed by atoms with E-state index in [1.165, 1.54) is 0 Å². The molecule has 1 atom stereocenters. The smallest absolute Gasteiger partial charge is 0.329 e. The van der Waals surface area contributed by atoms with Crippen molar-refractivity contribution in [1.29, 1.82) is 0 Å². The van der Waals surface area contributed by atoms with E-state index in [9.17, 15) is 9.90 Å². The predicted octanol–water partition coefficient (Wildman–Crippen LogP) is 1.64. The molecule has 1 fully saturated rings. The van der Waals surface area contributed by atoms with Crippen LogP contribution in [0.3, 0.4) is 0 Å². The third kappa shape index (κ3) is 3.46. The summed E-state index contributed by atoms with van der Waals surface area (Å²) in [4.78, 5) is 12.7. The molecule has 1 saturated heterocycles. The SMILES string of the molecule is COc1ccc(O)c(C(C)N2CC(C)(OCC(=O)O)C2)c1. The van der Waals surface area contributed by atoms with E-state index < -0.39 is 11.6 Å². The highest BCUT2D eigenvalue weighted by atomic mass is 16.5. The van der Waals surface area contributed by atoms with Crippen molar-refractivity contribution in [3.63, 3.8) is 0 Å². The lowest BCUT2D eigenvalue weighted by Crippen LogP contribution is -2.62. The van der Waals surface area contributed by atoms with Crippen molar-refractivity contribution in [2.75, 3.05) is 26.8 Å². The molecule has 1 aliphatic rings. The Morgan fingerprint density at radius 2 is 2.14 bits per heavy atom. The Hall–Kier alpha value is -1.79. The van der Waals surface area contributed by atoms with Gasteiger partial charge < -0.3 is 19.7 Å². The molecular weight excluding hydrogens is 274 g/mol. The maximum atomic E-state index is 10.6. The van der Waals surface area contributed by atoms with Crippen LogP contribution >= 0.6 is 0 Å². The molecule has 0 aromatic heterocycles. The first-order valence-electron chi connectivity index (χ1n) is 6.81. The molecular formula is C15H21NO5. The molecule has 0 saturated carbocycles. The number of rotatable bonds is 6. The van der Waals surface area contributed by atoms with Gasteiger partial charge in [-0.1, -0.05) is 0 Å². The van der Waals surface area contributed by atoms with Gasteiger partial charge in [-0.15, -0.1) is 0 Å². The van der Waals surface area contributed by atoms with Gasteiger partial charge in [0.2, 0.25) is 0 Å². The monoisotopic (exact) mass is 295 g/mol. The van der Waals surface area contributed by atoms with Crippen molar-refractivity contribution in [2.45, 2.75) is 25.5 Å². The standard InChI is InChI=1S/C15H21NO5/c1-10(12-6-11(20-3)4-5-13(12)17)16-8-15(2,9-16)21-7-14(18)19/h4-6,10,17H,7-9H2,1-3H3,(H,18,19). The van der Waals surface area contributed by atoms with Crippen molar-refractivity contribution >= 4 is 5.97 Å². The number of carboxylic acids is 1. The molecule has 6 nitrogen and oxygen atoms in total. The van der Waals surface area contributed by atoms with Crippen molar-refractivity contribution in [2.24, 2.45) is 0 Å². The Labute approximate surface area is 123 Å². The fourth-order valence-corrected chi connectivity index (χ4v) is 2.60. The number of aromatic hydroxyl groups is 1. The lowest BCUT2D eigenvalue weighted by Gasteiger charge is -2.50. The zero-order chi connectivity index (χ0) is 15.6. The molecule has 1 aromatic rings. The number of aliphatic carboxylic acids is 1. The molecule has 0 radical (unpaired) electrons. The van der Waals surface area contributed by atoms with Crippen LogP contribution in [0.15, 0.2) is 18.2 Å². The first-order chi connectivity index (χ1) is 9.84. The zero-order valence-corrected chi connectivity index (χ0v) is 12.5. The molecule has 1 unspecified atom stereocenters. The van der Waals surface area contributed by atoms with E-state index in [-0.39, 0.29) is 18.4 Å². The molecule has 0 aliphatic carbocycles. The van der Waals surface area contributed by atoms with E-state index >= 15 is 0 Å². The van der Waals surface area contributed by atoms with Crippen molar-refractivity contribution in [3.05, 3.63) is 23.8 Å². The summed E-state index contributed by atoms with van der Waals surface area (Å²) in [5, 5.41) is 18.6. The summed E-state index contributed by atoms with van der Waals surface area (Å²) in [6.45, 7) is 4.84. The number of hydrogen-bond donors (Lipinski definition) is 2. The van der Waals surface area contributed by atoms with Crippen LogP contribution in [-0.4, -0.2) is 53.5 Å². The van der Waals surface area contributed by atoms with Gasteiger partial charge in [-0.3, -0.25) is 4.90 Å². The highest BCUT2D eigenvalue weighted by Gasteiger charge is 2.42. The highest BCUT2D eigenvalue weighted by Crippen LogP contribution is 2.37. The van der Waals surface area contributed by atoms with E-state index in [2.05, 4.69) is 4.90 Å². The van der Waals surface area contributed by atoms with Gasteiger partial charge in [-0.25, -0.2) is 4.79 Å². The quantitative estimate of drug-likeness (QED) is 0.830. The van der Waals surface area contributed by atoms with Gasteiger partial charge in [0.15, 0.2) is 0 Å². The van der Waals surface area contributed by atoms with E-state index in [4.69, 9.17) is 14.6 Å². The summed E-state index contributed by atoms with van der Waals surface area (Å²) < 4.78 is 10.6. The number of benzene rings is 1. The molecule has 1 aromatic carbocycles. The summed E-state index contributed by atoms with van der Waals surface area (Å²) in [5.74, 6) is -0.0448. The van der Waals surface area contributed by atoms with Gasteiger partial charge in [0, 0.05) is 24.7 Å². The minimum absolute atomic E-state index is 0.00148. The second kappa shape index (κ2) is 5.91. The van der Waals surface area contributed by atoms with Gasteiger partial charge in [0.05, 0.1) is 12.7 Å². The number of hydrogen-bond acceptors (Lipinski definition) is 5. The lowest BCUT2D eigenvalue weighted by molar-refractivity contribution is -0.169. The van der Waals surface area contributed by atoms with Crippen molar-refractivity contribution < 1.29 is 24.5 Å². The first kappa shape index (κ1) is 15.6. The number of phenolic OH excluding ortho intramolecular Hbond substituents is 1. The second-order valence-corrected chi connectivity index (χ2v) is 5.64. The maximum Gasteiger partial charge on any atom is 0.329 e. The molecule has 116 valence electrons. The molecule has 2 rings (SSSR count). The molecule has 21 heavy (non-hydrogen) atoms. The van der Waals surface area contributed by atoms with Crippen LogP contribution in [0.25, 0.3) is 0 Å². The lowest BCUT2D eigenvalue weighted by atomic mass is 9.92. The third-order valence-corrected chi connectivity index (χ3v) is 3.85. The molecule has 6 heteroatoms. The van der Waals surface area contributed by atoms with E-state index in [0.29, 0.717) is 18.8 Å². The molecule has 0 spiro atoms. The Morgan fingerprint density at radius 3 is 2.71 bits per heavy atom. The minimum Gasteiger partial charge on any atom is -0.508 e. The Morgan fingerprint density at radius 1 is 1.48 bits per heavy atom. The predicted molar refractivity (Wildman–Crippen MR) is 76.6 cm³/mol. The summed E-state index contributed by atoms with van der Waals surface area (Å²) >= 11 is 0. The number of carboxylic acid groups (broad SMARTS) is 1. The number of ether oxygens (including phenoxy) is 2. The summed E-state index contributed by atoms with van der Waals surface area (Å²) in [5.41, 5.74) is 0.343. The Balaban J connectivity index is 2.00. The molecule has 0 bridgehead atoms. The van der Waals surface area contributed by atoms with Crippen LogP contribution in [0.4, 0.5) is 0 Å². The van der Waals surface area contributed by atoms with Crippen LogP contribution in [-0.2, 0) is 9.53 Å². The second-order valence-electron chi connectivity index (χ2n) is 5.64. The third-order valence-electron chi connectivity index (χ3n) is 3.85. The van der Waals surface area contributed by atoms with E-state index in [1.807, 2.05) is 19.9 Å². The van der Waals surface area contributed by atoms with Gasteiger partial charge in [0.1, 0.15) is 18.1 Å². The van der Waals surface area contributed by atoms with Gasteiger partial charge in [-0.05, 0) is 32.0 Å². The van der Waals surface area contributed by atoms with Crippen LogP contribution in [0.2, 0.25) is 0 Å². The van der Waals surface area contributed by atoms with E-state index in [0.717, 1.165) is 5.56 Å². The van der Waals surface area contributed by atoms with Crippen LogP contribution in [0, 0.1) is 0 Å². The number of nitrogens with zero attached hydrogens (tertiary/aromatic N) is 1. The van der Waals surface area contributed by atoms with Crippen molar-refractivity contribution in [1.82, 2.24) is 4.90 Å². The molecule has 1 heterocycles. The number of methoxy groups -OCH3 is 1. The van der Waals surface area contributed by atoms with E-state index in [1.54, 1.807) is 19.2 Å². The number of phenols is 1. The fraction of sp³-hybridized carbons (Fsp3) is 0.533. The minimum atomic E-state index is -0.965. The molecule has 2 N–H and O–H groups in total. The molecule has 0 amide bonds. The number of likely N-dealkylation sites (tertiary alicyclic amines) is 1. The Bertz CT molecular complexity index is 525. The zero-order valence-electron chi connectivity index (χ0n) is 12.5. The summed E-state index contributed by atoms with van der Waals surface area (Å²) in [7, 11) is 1.58. The van der Waals surface area contributed by atoms with Crippen LogP contribution in [0.1, 0.15) is 25.5 Å². The largest absolute Gasteiger partial charge is 0.508 e. The number of carbonyl (C=O) groups is 1. The average Bonchev–Trinajstić information content (AvgIpc) is 2.42.